The molecule has 146 valence electrons. The number of methoxy groups -OCH3 is 1. The third-order valence-corrected chi connectivity index (χ3v) is 6.50. The fraction of sp³-hybridized carbons (Fsp3) is 0.0870. The van der Waals surface area contributed by atoms with Crippen molar-refractivity contribution in [3.63, 3.8) is 0 Å². The minimum atomic E-state index is -3.97. The van der Waals surface area contributed by atoms with E-state index in [4.69, 9.17) is 4.74 Å². The molecule has 0 bridgehead atoms. The van der Waals surface area contributed by atoms with E-state index in [-0.39, 0.29) is 10.6 Å². The first-order valence-corrected chi connectivity index (χ1v) is 10.5. The lowest BCUT2D eigenvalue weighted by molar-refractivity contribution is 0.103. The van der Waals surface area contributed by atoms with Gasteiger partial charge in [0.25, 0.3) is 10.0 Å². The highest BCUT2D eigenvalue weighted by Crippen LogP contribution is 2.28. The number of benzene rings is 3. The predicted octanol–water partition coefficient (Wildman–Crippen LogP) is 4.43. The Morgan fingerprint density at radius 2 is 1.66 bits per heavy atom. The summed E-state index contributed by atoms with van der Waals surface area (Å²) in [6.45, 7) is 1.92. The molecular weight excluding hydrogens is 386 g/mol. The number of hydrogen-bond acceptors (Lipinski definition) is 4. The van der Waals surface area contributed by atoms with E-state index < -0.39 is 15.8 Å². The summed E-state index contributed by atoms with van der Waals surface area (Å²) >= 11 is 0. The number of hydrogen-bond donors (Lipinski definition) is 0. The van der Waals surface area contributed by atoms with Crippen molar-refractivity contribution < 1.29 is 17.9 Å². The molecule has 0 spiro atoms. The van der Waals surface area contributed by atoms with E-state index in [9.17, 15) is 13.2 Å². The number of ketones is 1. The van der Waals surface area contributed by atoms with Crippen molar-refractivity contribution >= 4 is 26.7 Å². The van der Waals surface area contributed by atoms with E-state index in [0.29, 0.717) is 22.2 Å². The summed E-state index contributed by atoms with van der Waals surface area (Å²) in [4.78, 5) is 13.4. The lowest BCUT2D eigenvalue weighted by Crippen LogP contribution is -2.19. The highest BCUT2D eigenvalue weighted by atomic mass is 32.2. The lowest BCUT2D eigenvalue weighted by atomic mass is 10.1. The second-order valence-electron chi connectivity index (χ2n) is 6.74. The summed E-state index contributed by atoms with van der Waals surface area (Å²) in [5, 5.41) is 0.691. The van der Waals surface area contributed by atoms with Crippen LogP contribution < -0.4 is 4.74 Å². The van der Waals surface area contributed by atoms with Crippen LogP contribution in [0.25, 0.3) is 10.9 Å². The number of fused-ring (bicyclic) bond motifs is 1. The molecule has 0 N–H and O–H groups in total. The first-order chi connectivity index (χ1) is 13.9. The Bertz CT molecular complexity index is 1320. The molecule has 29 heavy (non-hydrogen) atoms. The summed E-state index contributed by atoms with van der Waals surface area (Å²) in [6.07, 6.45) is 0. The van der Waals surface area contributed by atoms with Crippen molar-refractivity contribution in [1.29, 1.82) is 0 Å². The molecule has 4 rings (SSSR count). The predicted molar refractivity (Wildman–Crippen MR) is 112 cm³/mol. The van der Waals surface area contributed by atoms with Gasteiger partial charge in [-0.1, -0.05) is 42.0 Å². The maximum atomic E-state index is 13.5. The molecule has 0 radical (unpaired) electrons. The van der Waals surface area contributed by atoms with Gasteiger partial charge in [0.05, 0.1) is 17.5 Å². The Morgan fingerprint density at radius 3 is 2.38 bits per heavy atom. The van der Waals surface area contributed by atoms with Crippen LogP contribution in [0.15, 0.2) is 83.8 Å². The van der Waals surface area contributed by atoms with Gasteiger partial charge in [-0.15, -0.1) is 0 Å². The number of aromatic nitrogens is 1. The molecule has 0 aliphatic carbocycles. The molecule has 1 heterocycles. The standard InChI is InChI=1S/C23H19NO4S/c1-16-11-12-21-18(13-16)15-22(23(25)17-7-6-8-19(14-17)28-2)24(21)29(26,27)20-9-4-3-5-10-20/h3-15H,1-2H3. The number of aryl methyl sites for hydroxylation is 1. The largest absolute Gasteiger partial charge is 0.497 e. The molecule has 0 saturated carbocycles. The van der Waals surface area contributed by atoms with E-state index in [2.05, 4.69) is 0 Å². The zero-order valence-corrected chi connectivity index (χ0v) is 16.8. The van der Waals surface area contributed by atoms with E-state index >= 15 is 0 Å². The number of carbonyl (C=O) groups is 1. The SMILES string of the molecule is COc1cccc(C(=O)c2cc3cc(C)ccc3n2S(=O)(=O)c2ccccc2)c1. The molecule has 0 amide bonds. The molecule has 5 nitrogen and oxygen atoms in total. The van der Waals surface area contributed by atoms with Gasteiger partial charge in [-0.2, -0.15) is 0 Å². The Labute approximate surface area is 169 Å². The second-order valence-corrected chi connectivity index (χ2v) is 8.52. The maximum Gasteiger partial charge on any atom is 0.268 e. The monoisotopic (exact) mass is 405 g/mol. The highest BCUT2D eigenvalue weighted by Gasteiger charge is 2.27. The molecule has 0 unspecified atom stereocenters. The van der Waals surface area contributed by atoms with Crippen molar-refractivity contribution in [2.75, 3.05) is 7.11 Å². The van der Waals surface area contributed by atoms with Gasteiger partial charge in [0.15, 0.2) is 0 Å². The summed E-state index contributed by atoms with van der Waals surface area (Å²) in [5.41, 5.74) is 1.88. The fourth-order valence-electron chi connectivity index (χ4n) is 3.34. The number of carbonyl (C=O) groups excluding carboxylic acids is 1. The molecule has 0 aliphatic heterocycles. The lowest BCUT2D eigenvalue weighted by Gasteiger charge is -2.12. The number of ether oxygens (including phenoxy) is 1. The fourth-order valence-corrected chi connectivity index (χ4v) is 4.87. The minimum absolute atomic E-state index is 0.0858. The van der Waals surface area contributed by atoms with Crippen molar-refractivity contribution in [2.45, 2.75) is 11.8 Å². The van der Waals surface area contributed by atoms with Crippen molar-refractivity contribution in [3.8, 4) is 5.75 Å². The van der Waals surface area contributed by atoms with Crippen LogP contribution in [-0.2, 0) is 10.0 Å². The third-order valence-electron chi connectivity index (χ3n) is 4.76. The normalized spacial score (nSPS) is 11.5. The zero-order chi connectivity index (χ0) is 20.6. The Balaban J connectivity index is 1.99. The van der Waals surface area contributed by atoms with Crippen LogP contribution in [0.2, 0.25) is 0 Å². The Morgan fingerprint density at radius 1 is 0.897 bits per heavy atom. The van der Waals surface area contributed by atoms with Gasteiger partial charge in [-0.3, -0.25) is 4.79 Å². The van der Waals surface area contributed by atoms with Crippen LogP contribution in [0, 0.1) is 6.92 Å². The molecule has 0 aliphatic rings. The quantitative estimate of drug-likeness (QED) is 0.461. The van der Waals surface area contributed by atoms with Gasteiger partial charge in [-0.25, -0.2) is 12.4 Å². The van der Waals surface area contributed by atoms with Crippen LogP contribution in [0.1, 0.15) is 21.6 Å². The van der Waals surface area contributed by atoms with Crippen molar-refractivity contribution in [3.05, 3.63) is 95.7 Å². The first kappa shape index (κ1) is 19.0. The van der Waals surface area contributed by atoms with Crippen LogP contribution >= 0.6 is 0 Å². The Hall–Kier alpha value is -3.38. The summed E-state index contributed by atoms with van der Waals surface area (Å²) in [5.74, 6) is 0.137. The average Bonchev–Trinajstić information content (AvgIpc) is 3.13. The third kappa shape index (κ3) is 3.32. The molecule has 1 aromatic heterocycles. The van der Waals surface area contributed by atoms with Crippen LogP contribution in [0.5, 0.6) is 5.75 Å². The highest BCUT2D eigenvalue weighted by molar-refractivity contribution is 7.90. The van der Waals surface area contributed by atoms with Gasteiger partial charge < -0.3 is 4.74 Å². The summed E-state index contributed by atoms with van der Waals surface area (Å²) in [7, 11) is -2.45. The smallest absolute Gasteiger partial charge is 0.268 e. The second kappa shape index (κ2) is 7.22. The minimum Gasteiger partial charge on any atom is -0.497 e. The zero-order valence-electron chi connectivity index (χ0n) is 16.0. The maximum absolute atomic E-state index is 13.5. The van der Waals surface area contributed by atoms with Gasteiger partial charge in [-0.05, 0) is 49.4 Å². The van der Waals surface area contributed by atoms with Gasteiger partial charge in [0.2, 0.25) is 5.78 Å². The summed E-state index contributed by atoms with van der Waals surface area (Å²) in [6, 6.07) is 21.9. The topological polar surface area (TPSA) is 65.4 Å². The molecule has 3 aromatic carbocycles. The number of nitrogens with zero attached hydrogens (tertiary/aromatic N) is 1. The van der Waals surface area contributed by atoms with Gasteiger partial charge in [0, 0.05) is 10.9 Å². The molecule has 4 aromatic rings. The van der Waals surface area contributed by atoms with Crippen molar-refractivity contribution in [2.24, 2.45) is 0 Å². The van der Waals surface area contributed by atoms with E-state index in [0.717, 1.165) is 9.54 Å². The molecular formula is C23H19NO4S. The van der Waals surface area contributed by atoms with Crippen LogP contribution in [0.3, 0.4) is 0 Å². The van der Waals surface area contributed by atoms with Crippen LogP contribution in [-0.4, -0.2) is 25.3 Å². The average molecular weight is 405 g/mol. The summed E-state index contributed by atoms with van der Waals surface area (Å²) < 4.78 is 33.3. The van der Waals surface area contributed by atoms with E-state index in [1.54, 1.807) is 54.6 Å². The first-order valence-electron chi connectivity index (χ1n) is 9.03. The molecule has 0 saturated heterocycles. The number of rotatable bonds is 5. The Kier molecular flexibility index (Phi) is 4.72. The molecule has 0 atom stereocenters. The van der Waals surface area contributed by atoms with Crippen molar-refractivity contribution in [1.82, 2.24) is 3.97 Å². The van der Waals surface area contributed by atoms with Gasteiger partial charge >= 0.3 is 0 Å². The van der Waals surface area contributed by atoms with Gasteiger partial charge in [0.1, 0.15) is 11.4 Å². The van der Waals surface area contributed by atoms with E-state index in [1.807, 2.05) is 19.1 Å². The molecule has 6 heteroatoms. The van der Waals surface area contributed by atoms with Crippen LogP contribution in [0.4, 0.5) is 0 Å². The van der Waals surface area contributed by atoms with E-state index in [1.165, 1.54) is 19.2 Å². The molecule has 0 fully saturated rings.